The van der Waals surface area contributed by atoms with Crippen molar-refractivity contribution in [2.24, 2.45) is 0 Å². The molecule has 0 N–H and O–H groups in total. The largest absolute Gasteiger partial charge is 0.309 e. The maximum Gasteiger partial charge on any atom is 0.0645 e. The van der Waals surface area contributed by atoms with Gasteiger partial charge in [0.25, 0.3) is 0 Å². The molecule has 0 aliphatic heterocycles. The first-order valence-corrected chi connectivity index (χ1v) is 14.5. The normalized spacial score (nSPS) is 14.2. The molecular weight excluding hydrogens is 532 g/mol. The zero-order valence-corrected chi connectivity index (χ0v) is 23.4. The third-order valence-corrected chi connectivity index (χ3v) is 8.35. The van der Waals surface area contributed by atoms with Crippen molar-refractivity contribution in [1.29, 1.82) is 0 Å². The van der Waals surface area contributed by atoms with Gasteiger partial charge in [0.1, 0.15) is 0 Å². The summed E-state index contributed by atoms with van der Waals surface area (Å²) in [4.78, 5) is 0. The van der Waals surface area contributed by atoms with Crippen molar-refractivity contribution in [3.63, 3.8) is 0 Å². The van der Waals surface area contributed by atoms with Gasteiger partial charge in [-0.1, -0.05) is 115 Å². The molecule has 0 atom stereocenters. The molecule has 9 aromatic rings. The van der Waals surface area contributed by atoms with Gasteiger partial charge in [-0.3, -0.25) is 0 Å². The summed E-state index contributed by atoms with van der Waals surface area (Å²) in [5.41, 5.74) is 7.97. The minimum atomic E-state index is -0.462. The molecule has 0 unspecified atom stereocenters. The Kier molecular flexibility index (Phi) is 4.02. The zero-order chi connectivity index (χ0) is 36.0. The summed E-state index contributed by atoms with van der Waals surface area (Å²) in [6.07, 6.45) is 0. The Labute approximate surface area is 266 Å². The van der Waals surface area contributed by atoms with Crippen LogP contribution in [-0.4, -0.2) is 9.13 Å². The van der Waals surface area contributed by atoms with Gasteiger partial charge >= 0.3 is 0 Å². The van der Waals surface area contributed by atoms with Gasteiger partial charge in [-0.25, -0.2) is 0 Å². The summed E-state index contributed by atoms with van der Waals surface area (Å²) < 4.78 is 72.9. The van der Waals surface area contributed by atoms with E-state index in [2.05, 4.69) is 65.2 Å². The lowest BCUT2D eigenvalue weighted by molar-refractivity contribution is 1.17. The average molecular weight is 569 g/mol. The van der Waals surface area contributed by atoms with Crippen LogP contribution in [0.5, 0.6) is 0 Å². The van der Waals surface area contributed by atoms with Gasteiger partial charge in [-0.2, -0.15) is 0 Å². The van der Waals surface area contributed by atoms with Crippen LogP contribution in [0.3, 0.4) is 0 Å². The second-order valence-corrected chi connectivity index (χ2v) is 10.8. The first-order chi connectivity index (χ1) is 25.2. The van der Waals surface area contributed by atoms with Crippen LogP contribution in [0, 0.1) is 0 Å². The standard InChI is InChI=1S/C42H28N2/c1-2-12-29(13-3-1)30-14-10-15-31(26-30)32-16-11-17-33(27-32)43-41-23-9-6-20-37(41)38-28-34(24-25-42(38)43)44-39-21-7-4-18-35(39)36-19-5-8-22-40(36)44/h1-28H/i4D,5D,7D,8D,18D,19D,21D,22D. The SMILES string of the molecule is [2H]c1c([2H])c([2H])c2c(c1[2H])c1c([2H])c([2H])c([2H])c([2H])c1n2-c1ccc2c(c1)c1ccccc1n2-c1cccc(-c2cccc(-c3ccccc3)c2)c1. The topological polar surface area (TPSA) is 9.86 Å². The number of nitrogens with zero attached hydrogens (tertiary/aromatic N) is 2. The minimum Gasteiger partial charge on any atom is -0.309 e. The highest BCUT2D eigenvalue weighted by Gasteiger charge is 2.16. The Morgan fingerprint density at radius 3 is 1.66 bits per heavy atom. The Morgan fingerprint density at radius 2 is 0.886 bits per heavy atom. The van der Waals surface area contributed by atoms with E-state index in [0.29, 0.717) is 5.69 Å². The molecule has 2 aromatic heterocycles. The second kappa shape index (κ2) is 9.86. The van der Waals surface area contributed by atoms with E-state index in [4.69, 9.17) is 11.0 Å². The number of hydrogen-bond acceptors (Lipinski definition) is 0. The molecule has 2 heteroatoms. The van der Waals surface area contributed by atoms with Crippen molar-refractivity contribution >= 4 is 43.6 Å². The highest BCUT2D eigenvalue weighted by Crippen LogP contribution is 2.37. The van der Waals surface area contributed by atoms with E-state index in [1.165, 1.54) is 0 Å². The van der Waals surface area contributed by atoms with Crippen molar-refractivity contribution < 1.29 is 11.0 Å². The molecule has 2 heterocycles. The van der Waals surface area contributed by atoms with Crippen LogP contribution in [0.25, 0.3) is 77.2 Å². The fourth-order valence-corrected chi connectivity index (χ4v) is 6.39. The summed E-state index contributed by atoms with van der Waals surface area (Å²) in [6.45, 7) is 0. The van der Waals surface area contributed by atoms with E-state index in [0.717, 1.165) is 49.7 Å². The summed E-state index contributed by atoms with van der Waals surface area (Å²) in [7, 11) is 0. The first kappa shape index (κ1) is 17.9. The quantitative estimate of drug-likeness (QED) is 0.200. The minimum absolute atomic E-state index is 0.0590. The zero-order valence-electron chi connectivity index (χ0n) is 31.4. The Bertz CT molecular complexity index is 2870. The second-order valence-electron chi connectivity index (χ2n) is 10.8. The molecule has 0 bridgehead atoms. The summed E-state index contributed by atoms with van der Waals surface area (Å²) >= 11 is 0. The monoisotopic (exact) mass is 568 g/mol. The molecule has 7 aromatic carbocycles. The molecule has 44 heavy (non-hydrogen) atoms. The predicted molar refractivity (Wildman–Crippen MR) is 186 cm³/mol. The fourth-order valence-electron chi connectivity index (χ4n) is 6.39. The third kappa shape index (κ3) is 3.82. The number of rotatable bonds is 4. The highest BCUT2D eigenvalue weighted by molar-refractivity contribution is 6.12. The maximum atomic E-state index is 8.93. The Hall–Kier alpha value is -5.86. The lowest BCUT2D eigenvalue weighted by Gasteiger charge is -2.12. The Balaban J connectivity index is 1.29. The van der Waals surface area contributed by atoms with Gasteiger partial charge < -0.3 is 9.13 Å². The van der Waals surface area contributed by atoms with Crippen molar-refractivity contribution in [3.05, 3.63) is 170 Å². The van der Waals surface area contributed by atoms with Gasteiger partial charge in [0, 0.05) is 32.9 Å². The van der Waals surface area contributed by atoms with Crippen LogP contribution in [0.15, 0.2) is 170 Å². The lowest BCUT2D eigenvalue weighted by atomic mass is 9.99. The van der Waals surface area contributed by atoms with Crippen LogP contribution >= 0.6 is 0 Å². The van der Waals surface area contributed by atoms with Crippen LogP contribution in [0.2, 0.25) is 0 Å². The van der Waals surface area contributed by atoms with Crippen LogP contribution in [-0.2, 0) is 0 Å². The molecular formula is C42H28N2. The van der Waals surface area contributed by atoms with Crippen LogP contribution in [0.4, 0.5) is 0 Å². The Morgan fingerprint density at radius 1 is 0.341 bits per heavy atom. The summed E-state index contributed by atoms with van der Waals surface area (Å²) in [5, 5.41) is 1.95. The van der Waals surface area contributed by atoms with E-state index in [1.807, 2.05) is 60.7 Å². The molecule has 0 fully saturated rings. The molecule has 9 rings (SSSR count). The van der Waals surface area contributed by atoms with Gasteiger partial charge in [0.05, 0.1) is 33.0 Å². The molecule has 0 saturated carbocycles. The highest BCUT2D eigenvalue weighted by atomic mass is 15.0. The van der Waals surface area contributed by atoms with Gasteiger partial charge in [0.2, 0.25) is 0 Å². The lowest BCUT2D eigenvalue weighted by Crippen LogP contribution is -1.96. The molecule has 0 saturated heterocycles. The summed E-state index contributed by atoms with van der Waals surface area (Å²) in [6, 6.07) is 37.8. The van der Waals surface area contributed by atoms with E-state index in [-0.39, 0.29) is 46.0 Å². The number of fused-ring (bicyclic) bond motifs is 6. The predicted octanol–water partition coefficient (Wildman–Crippen LogP) is 11.2. The molecule has 206 valence electrons. The average Bonchev–Trinajstić information content (AvgIpc) is 3.72. The van der Waals surface area contributed by atoms with E-state index in [9.17, 15) is 0 Å². The van der Waals surface area contributed by atoms with Crippen molar-refractivity contribution in [2.75, 3.05) is 0 Å². The van der Waals surface area contributed by atoms with Crippen molar-refractivity contribution in [1.82, 2.24) is 9.13 Å². The number of para-hydroxylation sites is 3. The summed E-state index contributed by atoms with van der Waals surface area (Å²) in [5.74, 6) is 0. The van der Waals surface area contributed by atoms with Crippen LogP contribution < -0.4 is 0 Å². The third-order valence-electron chi connectivity index (χ3n) is 8.35. The molecule has 0 spiro atoms. The van der Waals surface area contributed by atoms with Crippen LogP contribution in [0.1, 0.15) is 11.0 Å². The number of aromatic nitrogens is 2. The van der Waals surface area contributed by atoms with Gasteiger partial charge in [-0.05, 0) is 76.8 Å². The maximum absolute atomic E-state index is 8.93. The molecule has 0 amide bonds. The van der Waals surface area contributed by atoms with Gasteiger partial charge in [-0.15, -0.1) is 0 Å². The fraction of sp³-hybridized carbons (Fsp3) is 0. The van der Waals surface area contributed by atoms with Crippen molar-refractivity contribution in [3.8, 4) is 33.6 Å². The number of hydrogen-bond donors (Lipinski definition) is 0. The number of benzene rings is 7. The molecule has 0 aliphatic carbocycles. The van der Waals surface area contributed by atoms with Crippen molar-refractivity contribution in [2.45, 2.75) is 0 Å². The van der Waals surface area contributed by atoms with E-state index < -0.39 is 24.2 Å². The smallest absolute Gasteiger partial charge is 0.0645 e. The van der Waals surface area contributed by atoms with Gasteiger partial charge in [0.15, 0.2) is 0 Å². The molecule has 0 aliphatic rings. The molecule has 2 nitrogen and oxygen atoms in total. The van der Waals surface area contributed by atoms with E-state index in [1.54, 1.807) is 4.57 Å². The first-order valence-electron chi connectivity index (χ1n) is 18.5. The van der Waals surface area contributed by atoms with E-state index >= 15 is 0 Å². The molecule has 0 radical (unpaired) electrons.